The van der Waals surface area contributed by atoms with Crippen molar-refractivity contribution in [2.75, 3.05) is 6.61 Å². The number of esters is 1. The second-order valence-corrected chi connectivity index (χ2v) is 3.07. The molecule has 3 atom stereocenters. The molecule has 0 spiro atoms. The summed E-state index contributed by atoms with van der Waals surface area (Å²) in [5.41, 5.74) is 0. The maximum Gasteiger partial charge on any atom is 0.305 e. The van der Waals surface area contributed by atoms with Crippen LogP contribution in [0, 0.1) is 0 Å². The lowest BCUT2D eigenvalue weighted by Crippen LogP contribution is -2.33. The zero-order chi connectivity index (χ0) is 11.1. The Kier molecular flexibility index (Phi) is 6.44. The van der Waals surface area contributed by atoms with Gasteiger partial charge in [0.15, 0.2) is 0 Å². The van der Waals surface area contributed by atoms with Gasteiger partial charge in [0.2, 0.25) is 6.29 Å². The summed E-state index contributed by atoms with van der Waals surface area (Å²) in [6.45, 7) is 5.32. The Balaban J connectivity index is 3.81. The summed E-state index contributed by atoms with van der Waals surface area (Å²) < 4.78 is 9.56. The molecule has 5 heteroatoms. The van der Waals surface area contributed by atoms with E-state index in [1.54, 1.807) is 6.92 Å². The van der Waals surface area contributed by atoms with Gasteiger partial charge in [0.25, 0.3) is 0 Å². The third-order valence-electron chi connectivity index (χ3n) is 1.64. The van der Waals surface area contributed by atoms with E-state index >= 15 is 0 Å². The zero-order valence-corrected chi connectivity index (χ0v) is 8.77. The molecule has 0 aliphatic carbocycles. The molecule has 5 nitrogen and oxygen atoms in total. The molecular formula is C9H18O5. The van der Waals surface area contributed by atoms with Crippen molar-refractivity contribution < 1.29 is 24.5 Å². The van der Waals surface area contributed by atoms with E-state index in [-0.39, 0.29) is 12.5 Å². The van der Waals surface area contributed by atoms with Crippen molar-refractivity contribution in [1.29, 1.82) is 0 Å². The molecule has 0 saturated heterocycles. The minimum absolute atomic E-state index is 0.180. The minimum Gasteiger partial charge on any atom is -0.433 e. The van der Waals surface area contributed by atoms with Gasteiger partial charge in [-0.1, -0.05) is 0 Å². The first kappa shape index (κ1) is 13.4. The molecule has 2 N–H and O–H groups in total. The van der Waals surface area contributed by atoms with Crippen LogP contribution in [-0.4, -0.2) is 41.3 Å². The van der Waals surface area contributed by atoms with E-state index in [0.717, 1.165) is 0 Å². The predicted octanol–water partition coefficient (Wildman–Crippen LogP) is 0.0439. The number of aliphatic hydroxyl groups excluding tert-OH is 2. The summed E-state index contributed by atoms with van der Waals surface area (Å²) in [5.74, 6) is -0.624. The summed E-state index contributed by atoms with van der Waals surface area (Å²) in [6.07, 6.45) is -2.54. The molecule has 3 unspecified atom stereocenters. The van der Waals surface area contributed by atoms with E-state index in [4.69, 9.17) is 9.84 Å². The lowest BCUT2D eigenvalue weighted by Gasteiger charge is -2.20. The van der Waals surface area contributed by atoms with Gasteiger partial charge >= 0.3 is 5.97 Å². The Morgan fingerprint density at radius 2 is 2.00 bits per heavy atom. The monoisotopic (exact) mass is 206 g/mol. The number of aliphatic hydroxyl groups is 2. The Morgan fingerprint density at radius 1 is 1.43 bits per heavy atom. The van der Waals surface area contributed by atoms with E-state index in [1.165, 1.54) is 6.92 Å². The van der Waals surface area contributed by atoms with Gasteiger partial charge in [-0.3, -0.25) is 4.79 Å². The number of hydrogen-bond donors (Lipinski definition) is 2. The molecule has 0 saturated carbocycles. The third-order valence-corrected chi connectivity index (χ3v) is 1.64. The van der Waals surface area contributed by atoms with Crippen molar-refractivity contribution in [2.45, 2.75) is 45.7 Å². The highest BCUT2D eigenvalue weighted by atomic mass is 16.6. The topological polar surface area (TPSA) is 76.0 Å². The Hall–Kier alpha value is -0.650. The highest BCUT2D eigenvalue weighted by Gasteiger charge is 2.21. The molecule has 0 heterocycles. The molecule has 0 aliphatic rings. The van der Waals surface area contributed by atoms with Crippen LogP contribution in [0.4, 0.5) is 0 Å². The van der Waals surface area contributed by atoms with Crippen molar-refractivity contribution in [3.8, 4) is 0 Å². The molecule has 0 amide bonds. The molecule has 0 aromatic heterocycles. The van der Waals surface area contributed by atoms with Gasteiger partial charge in [0.1, 0.15) is 6.10 Å². The van der Waals surface area contributed by atoms with Crippen molar-refractivity contribution in [1.82, 2.24) is 0 Å². The highest BCUT2D eigenvalue weighted by Crippen LogP contribution is 2.07. The summed E-state index contributed by atoms with van der Waals surface area (Å²) in [5, 5.41) is 18.5. The van der Waals surface area contributed by atoms with Crippen LogP contribution >= 0.6 is 0 Å². The fourth-order valence-electron chi connectivity index (χ4n) is 1.06. The van der Waals surface area contributed by atoms with Gasteiger partial charge in [0, 0.05) is 20.0 Å². The molecule has 0 aliphatic heterocycles. The Labute approximate surface area is 83.6 Å². The number of carbonyl (C=O) groups is 1. The maximum absolute atomic E-state index is 10.4. The molecular weight excluding hydrogens is 188 g/mol. The van der Waals surface area contributed by atoms with Crippen LogP contribution in [0.2, 0.25) is 0 Å². The van der Waals surface area contributed by atoms with Crippen LogP contribution in [0.3, 0.4) is 0 Å². The second kappa shape index (κ2) is 6.75. The number of hydrogen-bond acceptors (Lipinski definition) is 5. The van der Waals surface area contributed by atoms with Crippen LogP contribution in [0.25, 0.3) is 0 Å². The van der Waals surface area contributed by atoms with Crippen LogP contribution in [0.5, 0.6) is 0 Å². The van der Waals surface area contributed by atoms with Crippen molar-refractivity contribution in [2.24, 2.45) is 0 Å². The van der Waals surface area contributed by atoms with Gasteiger partial charge in [-0.05, 0) is 13.8 Å². The van der Waals surface area contributed by atoms with Crippen molar-refractivity contribution in [3.63, 3.8) is 0 Å². The normalized spacial score (nSPS) is 17.2. The maximum atomic E-state index is 10.4. The quantitative estimate of drug-likeness (QED) is 0.474. The summed E-state index contributed by atoms with van der Waals surface area (Å²) >= 11 is 0. The standard InChI is InChI=1S/C9H18O5/c1-4-13-6(2)5-8(11)9(12)14-7(3)10/h6,8-9,11-12H,4-5H2,1-3H3. The number of rotatable bonds is 6. The minimum atomic E-state index is -1.48. The smallest absolute Gasteiger partial charge is 0.305 e. The van der Waals surface area contributed by atoms with Gasteiger partial charge in [0.05, 0.1) is 6.10 Å². The lowest BCUT2D eigenvalue weighted by molar-refractivity contribution is -0.187. The lowest BCUT2D eigenvalue weighted by atomic mass is 10.1. The first-order valence-electron chi connectivity index (χ1n) is 4.62. The van der Waals surface area contributed by atoms with Crippen molar-refractivity contribution in [3.05, 3.63) is 0 Å². The van der Waals surface area contributed by atoms with Crippen LogP contribution in [-0.2, 0) is 14.3 Å². The van der Waals surface area contributed by atoms with Gasteiger partial charge in [-0.15, -0.1) is 0 Å². The van der Waals surface area contributed by atoms with Crippen LogP contribution in [0.15, 0.2) is 0 Å². The van der Waals surface area contributed by atoms with Gasteiger partial charge in [-0.2, -0.15) is 0 Å². The van der Waals surface area contributed by atoms with Crippen LogP contribution in [0.1, 0.15) is 27.2 Å². The first-order valence-corrected chi connectivity index (χ1v) is 4.62. The number of ether oxygens (including phenoxy) is 2. The molecule has 84 valence electrons. The molecule has 0 radical (unpaired) electrons. The predicted molar refractivity (Wildman–Crippen MR) is 49.5 cm³/mol. The van der Waals surface area contributed by atoms with E-state index in [0.29, 0.717) is 6.61 Å². The first-order chi connectivity index (χ1) is 6.47. The average Bonchev–Trinajstić information content (AvgIpc) is 2.02. The van der Waals surface area contributed by atoms with E-state index in [1.807, 2.05) is 6.92 Å². The van der Waals surface area contributed by atoms with Crippen LogP contribution < -0.4 is 0 Å². The fraction of sp³-hybridized carbons (Fsp3) is 0.889. The van der Waals surface area contributed by atoms with Gasteiger partial charge < -0.3 is 19.7 Å². The third kappa shape index (κ3) is 5.90. The number of carbonyl (C=O) groups excluding carboxylic acids is 1. The van der Waals surface area contributed by atoms with Gasteiger partial charge in [-0.25, -0.2) is 0 Å². The van der Waals surface area contributed by atoms with E-state index < -0.39 is 18.4 Å². The SMILES string of the molecule is CCOC(C)CC(O)C(O)OC(C)=O. The summed E-state index contributed by atoms with van der Waals surface area (Å²) in [4.78, 5) is 10.4. The molecule has 0 bridgehead atoms. The van der Waals surface area contributed by atoms with Crippen molar-refractivity contribution >= 4 is 5.97 Å². The van der Waals surface area contributed by atoms with E-state index in [9.17, 15) is 9.90 Å². The second-order valence-electron chi connectivity index (χ2n) is 3.07. The average molecular weight is 206 g/mol. The summed E-state index contributed by atoms with van der Waals surface area (Å²) in [7, 11) is 0. The molecule has 0 aromatic carbocycles. The molecule has 0 fully saturated rings. The highest BCUT2D eigenvalue weighted by molar-refractivity contribution is 5.66. The Morgan fingerprint density at radius 3 is 2.43 bits per heavy atom. The fourth-order valence-corrected chi connectivity index (χ4v) is 1.06. The Bertz CT molecular complexity index is 171. The summed E-state index contributed by atoms with van der Waals surface area (Å²) in [6, 6.07) is 0. The van der Waals surface area contributed by atoms with E-state index in [2.05, 4.69) is 4.74 Å². The molecule has 0 rings (SSSR count). The molecule has 14 heavy (non-hydrogen) atoms. The largest absolute Gasteiger partial charge is 0.433 e. The molecule has 0 aromatic rings. The zero-order valence-electron chi connectivity index (χ0n) is 8.77.